The Balaban J connectivity index is 1.55. The summed E-state index contributed by atoms with van der Waals surface area (Å²) in [6.07, 6.45) is -3.58. The molecule has 0 bridgehead atoms. The summed E-state index contributed by atoms with van der Waals surface area (Å²) in [6.45, 7) is 4.28. The van der Waals surface area contributed by atoms with Gasteiger partial charge in [-0.2, -0.15) is 9.78 Å². The van der Waals surface area contributed by atoms with E-state index in [9.17, 15) is 17.6 Å². The quantitative estimate of drug-likeness (QED) is 0.604. The molecule has 1 saturated heterocycles. The van der Waals surface area contributed by atoms with E-state index in [4.69, 9.17) is 9.47 Å². The van der Waals surface area contributed by atoms with E-state index in [-0.39, 0.29) is 28.4 Å². The lowest BCUT2D eigenvalue weighted by Crippen LogP contribution is -2.54. The molecule has 3 unspecified atom stereocenters. The monoisotopic (exact) mass is 450 g/mol. The van der Waals surface area contributed by atoms with Crippen molar-refractivity contribution in [3.05, 3.63) is 54.0 Å². The Morgan fingerprint density at radius 3 is 2.81 bits per heavy atom. The Morgan fingerprint density at radius 1 is 1.19 bits per heavy atom. The number of alkyl halides is 3. The van der Waals surface area contributed by atoms with E-state index in [1.54, 1.807) is 18.2 Å². The zero-order valence-corrected chi connectivity index (χ0v) is 17.3. The third-order valence-electron chi connectivity index (χ3n) is 5.97. The van der Waals surface area contributed by atoms with E-state index < -0.39 is 12.1 Å². The summed E-state index contributed by atoms with van der Waals surface area (Å²) in [5, 5.41) is 7.44. The Morgan fingerprint density at radius 2 is 2.03 bits per heavy atom. The highest BCUT2D eigenvalue weighted by molar-refractivity contribution is 5.91. The van der Waals surface area contributed by atoms with E-state index in [1.807, 2.05) is 6.92 Å². The van der Waals surface area contributed by atoms with Gasteiger partial charge >= 0.3 is 6.30 Å². The number of fused-ring (bicyclic) bond motifs is 2. The van der Waals surface area contributed by atoms with Gasteiger partial charge in [-0.05, 0) is 25.1 Å². The highest BCUT2D eigenvalue weighted by Crippen LogP contribution is 2.39. The molecule has 0 spiro atoms. The van der Waals surface area contributed by atoms with Gasteiger partial charge in [0.25, 0.3) is 0 Å². The maximum atomic E-state index is 13.8. The molecule has 170 valence electrons. The normalized spacial score (nSPS) is 24.2. The number of hydrogen-bond acceptors (Lipinski definition) is 5. The predicted molar refractivity (Wildman–Crippen MR) is 110 cm³/mol. The first-order chi connectivity index (χ1) is 15.3. The van der Waals surface area contributed by atoms with Crippen molar-refractivity contribution in [1.82, 2.24) is 14.7 Å². The molecule has 3 heterocycles. The fraction of sp³-hybridized carbons (Fsp3) is 0.409. The lowest BCUT2D eigenvalue weighted by molar-refractivity contribution is -0.211. The second kappa shape index (κ2) is 7.93. The van der Waals surface area contributed by atoms with Gasteiger partial charge < -0.3 is 14.8 Å². The number of hydrogen-bond donors (Lipinski definition) is 1. The third-order valence-corrected chi connectivity index (χ3v) is 5.97. The predicted octanol–water partition coefficient (Wildman–Crippen LogP) is 4.29. The summed E-state index contributed by atoms with van der Waals surface area (Å²) in [7, 11) is 0. The van der Waals surface area contributed by atoms with Gasteiger partial charge in [-0.15, -0.1) is 13.2 Å². The minimum Gasteiger partial charge on any atom is -0.491 e. The summed E-state index contributed by atoms with van der Waals surface area (Å²) in [5.41, 5.74) is 1.50. The van der Waals surface area contributed by atoms with E-state index in [2.05, 4.69) is 15.3 Å². The first-order valence-electron chi connectivity index (χ1n) is 10.4. The number of halogens is 4. The zero-order chi connectivity index (χ0) is 22.5. The van der Waals surface area contributed by atoms with Gasteiger partial charge in [0, 0.05) is 42.0 Å². The molecule has 2 aromatic carbocycles. The smallest absolute Gasteiger partial charge is 0.491 e. The molecular formula is C22H22F4N4O2. The van der Waals surface area contributed by atoms with E-state index in [0.29, 0.717) is 43.1 Å². The van der Waals surface area contributed by atoms with Crippen LogP contribution in [-0.2, 0) is 11.0 Å². The van der Waals surface area contributed by atoms with Crippen molar-refractivity contribution in [2.75, 3.05) is 31.6 Å². The van der Waals surface area contributed by atoms with E-state index in [1.165, 1.54) is 18.2 Å². The standard InChI is InChI=1S/C22H22F4N4O2/c1-13-10-29(7-8-31-13)19-12-32-20-9-14(23)5-6-15(20)21(19)27-17-3-2-4-18-16(17)11-30(28-18)22(24,25)26/h2-6,9,11,13,19,21,27H,7-8,10,12H2,1H3. The third kappa shape index (κ3) is 3.88. The van der Waals surface area contributed by atoms with Gasteiger partial charge in [0.15, 0.2) is 0 Å². The van der Waals surface area contributed by atoms with Crippen LogP contribution in [0.2, 0.25) is 0 Å². The second-order valence-electron chi connectivity index (χ2n) is 8.14. The fourth-order valence-electron chi connectivity index (χ4n) is 4.47. The lowest BCUT2D eigenvalue weighted by Gasteiger charge is -2.44. The van der Waals surface area contributed by atoms with Crippen LogP contribution < -0.4 is 10.1 Å². The molecule has 0 aliphatic carbocycles. The number of rotatable bonds is 3. The number of benzene rings is 2. The molecule has 0 amide bonds. The SMILES string of the molecule is CC1CN(C2COc3cc(F)ccc3C2Nc2cccc3nn(C(F)(F)F)cc23)CCO1. The molecule has 32 heavy (non-hydrogen) atoms. The number of ether oxygens (including phenoxy) is 2. The number of nitrogens with zero attached hydrogens (tertiary/aromatic N) is 3. The molecule has 3 atom stereocenters. The van der Waals surface area contributed by atoms with Crippen LogP contribution in [0.25, 0.3) is 10.9 Å². The van der Waals surface area contributed by atoms with Crippen molar-refractivity contribution in [1.29, 1.82) is 0 Å². The highest BCUT2D eigenvalue weighted by Gasteiger charge is 2.38. The number of aromatic nitrogens is 2. The van der Waals surface area contributed by atoms with Crippen LogP contribution >= 0.6 is 0 Å². The van der Waals surface area contributed by atoms with Gasteiger partial charge in [0.05, 0.1) is 30.3 Å². The average Bonchev–Trinajstić information content (AvgIpc) is 3.20. The molecule has 5 rings (SSSR count). The van der Waals surface area contributed by atoms with Crippen molar-refractivity contribution in [2.24, 2.45) is 0 Å². The maximum absolute atomic E-state index is 13.8. The van der Waals surface area contributed by atoms with Crippen LogP contribution in [0.3, 0.4) is 0 Å². The Bertz CT molecular complexity index is 1130. The first kappa shape index (κ1) is 21.0. The summed E-state index contributed by atoms with van der Waals surface area (Å²) >= 11 is 0. The van der Waals surface area contributed by atoms with E-state index >= 15 is 0 Å². The van der Waals surface area contributed by atoms with Crippen LogP contribution in [-0.4, -0.2) is 53.1 Å². The molecule has 10 heteroatoms. The Labute approximate surface area is 181 Å². The summed E-state index contributed by atoms with van der Waals surface area (Å²) in [5.74, 6) is 0.0210. The topological polar surface area (TPSA) is 51.5 Å². The van der Waals surface area contributed by atoms with Gasteiger partial charge in [-0.25, -0.2) is 4.39 Å². The minimum absolute atomic E-state index is 0.0112. The number of nitrogens with one attached hydrogen (secondary N) is 1. The Hall–Kier alpha value is -2.85. The number of anilines is 1. The van der Waals surface area contributed by atoms with Crippen molar-refractivity contribution in [3.63, 3.8) is 0 Å². The lowest BCUT2D eigenvalue weighted by atomic mass is 9.93. The van der Waals surface area contributed by atoms with Crippen molar-refractivity contribution in [2.45, 2.75) is 31.4 Å². The molecule has 6 nitrogen and oxygen atoms in total. The fourth-order valence-corrected chi connectivity index (χ4v) is 4.47. The van der Waals surface area contributed by atoms with E-state index in [0.717, 1.165) is 11.8 Å². The first-order valence-corrected chi connectivity index (χ1v) is 10.4. The van der Waals surface area contributed by atoms with Crippen LogP contribution in [0.5, 0.6) is 5.75 Å². The number of morpholine rings is 1. The molecule has 1 fully saturated rings. The van der Waals surface area contributed by atoms with Gasteiger partial charge in [0.1, 0.15) is 18.2 Å². The molecule has 2 aliphatic heterocycles. The van der Waals surface area contributed by atoms with Gasteiger partial charge in [-0.1, -0.05) is 12.1 Å². The van der Waals surface area contributed by atoms with Crippen LogP contribution in [0.15, 0.2) is 42.6 Å². The molecule has 0 radical (unpaired) electrons. The summed E-state index contributed by atoms with van der Waals surface area (Å²) < 4.78 is 65.0. The molecule has 1 N–H and O–H groups in total. The summed E-state index contributed by atoms with van der Waals surface area (Å²) in [4.78, 5) is 2.25. The second-order valence-corrected chi connectivity index (χ2v) is 8.14. The van der Waals surface area contributed by atoms with Crippen molar-refractivity contribution in [3.8, 4) is 5.75 Å². The minimum atomic E-state index is -4.61. The molecule has 1 aromatic heterocycles. The van der Waals surface area contributed by atoms with Gasteiger partial charge in [0.2, 0.25) is 0 Å². The highest BCUT2D eigenvalue weighted by atomic mass is 19.4. The summed E-state index contributed by atoms with van der Waals surface area (Å²) in [6, 6.07) is 8.84. The van der Waals surface area contributed by atoms with Gasteiger partial charge in [-0.3, -0.25) is 4.90 Å². The molecule has 2 aliphatic rings. The molecule has 0 saturated carbocycles. The van der Waals surface area contributed by atoms with Crippen LogP contribution in [0.4, 0.5) is 23.2 Å². The molecular weight excluding hydrogens is 428 g/mol. The largest absolute Gasteiger partial charge is 0.504 e. The average molecular weight is 450 g/mol. The Kier molecular flexibility index (Phi) is 5.21. The van der Waals surface area contributed by atoms with Crippen molar-refractivity contribution >= 4 is 16.6 Å². The molecule has 3 aromatic rings. The zero-order valence-electron chi connectivity index (χ0n) is 17.3. The van der Waals surface area contributed by atoms with Crippen LogP contribution in [0.1, 0.15) is 18.5 Å². The van der Waals surface area contributed by atoms with Crippen molar-refractivity contribution < 1.29 is 27.0 Å². The van der Waals surface area contributed by atoms with Crippen LogP contribution in [0, 0.1) is 5.82 Å². The maximum Gasteiger partial charge on any atom is 0.504 e.